The average molecular weight is 455 g/mol. The Kier molecular flexibility index (Phi) is 7.50. The smallest absolute Gasteiger partial charge is 0.255 e. The van der Waals surface area contributed by atoms with Crippen LogP contribution in [0.15, 0.2) is 77.7 Å². The second-order valence-electron chi connectivity index (χ2n) is 7.02. The van der Waals surface area contributed by atoms with Crippen molar-refractivity contribution in [1.29, 1.82) is 0 Å². The number of hydrogen-bond donors (Lipinski definition) is 1. The molecule has 0 aliphatic carbocycles. The number of amides is 1. The van der Waals surface area contributed by atoms with Crippen molar-refractivity contribution in [1.82, 2.24) is 4.31 Å². The molecule has 3 aromatic rings. The van der Waals surface area contributed by atoms with Gasteiger partial charge in [-0.15, -0.1) is 0 Å². The molecule has 32 heavy (non-hydrogen) atoms. The van der Waals surface area contributed by atoms with Gasteiger partial charge in [-0.25, -0.2) is 8.42 Å². The monoisotopic (exact) mass is 454 g/mol. The number of nitrogens with one attached hydrogen (secondary N) is 1. The van der Waals surface area contributed by atoms with E-state index in [2.05, 4.69) is 5.32 Å². The Hall–Kier alpha value is -3.36. The Balaban J connectivity index is 1.70. The van der Waals surface area contributed by atoms with Crippen LogP contribution in [0.2, 0.25) is 0 Å². The van der Waals surface area contributed by atoms with E-state index >= 15 is 0 Å². The minimum absolute atomic E-state index is 0.150. The van der Waals surface area contributed by atoms with E-state index in [1.54, 1.807) is 30.3 Å². The topological polar surface area (TPSA) is 84.9 Å². The first-order valence-corrected chi connectivity index (χ1v) is 11.5. The quantitative estimate of drug-likeness (QED) is 0.525. The Morgan fingerprint density at radius 1 is 0.969 bits per heavy atom. The molecule has 0 radical (unpaired) electrons. The fraction of sp³-hybridized carbons (Fsp3) is 0.208. The summed E-state index contributed by atoms with van der Waals surface area (Å²) in [6.07, 6.45) is 0. The summed E-state index contributed by atoms with van der Waals surface area (Å²) in [5.74, 6) is 0.672. The molecule has 0 unspecified atom stereocenters. The van der Waals surface area contributed by atoms with E-state index < -0.39 is 10.0 Å². The number of nitrogens with zero attached hydrogens (tertiary/aromatic N) is 1. The minimum atomic E-state index is -3.66. The van der Waals surface area contributed by atoms with Crippen molar-refractivity contribution >= 4 is 21.6 Å². The maximum absolute atomic E-state index is 12.9. The molecule has 0 aromatic heterocycles. The van der Waals surface area contributed by atoms with E-state index in [0.29, 0.717) is 29.4 Å². The predicted octanol–water partition coefficient (Wildman–Crippen LogP) is 4.17. The predicted molar refractivity (Wildman–Crippen MR) is 124 cm³/mol. The molecule has 3 aromatic carbocycles. The number of sulfonamides is 1. The molecule has 1 amide bonds. The number of hydrogen-bond acceptors (Lipinski definition) is 5. The SMILES string of the molecule is CCOc1ccc(C(=O)Nc2ccc(S(=O)(=O)N(C)Cc3ccccc3)cc2)cc1OC. The highest BCUT2D eigenvalue weighted by Crippen LogP contribution is 2.28. The fourth-order valence-corrected chi connectivity index (χ4v) is 4.26. The van der Waals surface area contributed by atoms with Gasteiger partial charge >= 0.3 is 0 Å². The van der Waals surface area contributed by atoms with Gasteiger partial charge in [0.25, 0.3) is 5.91 Å². The summed E-state index contributed by atoms with van der Waals surface area (Å²) in [6, 6.07) is 20.4. The van der Waals surface area contributed by atoms with Crippen LogP contribution < -0.4 is 14.8 Å². The van der Waals surface area contributed by atoms with E-state index in [0.717, 1.165) is 5.56 Å². The average Bonchev–Trinajstić information content (AvgIpc) is 2.80. The second kappa shape index (κ2) is 10.3. The van der Waals surface area contributed by atoms with Gasteiger partial charge in [-0.2, -0.15) is 4.31 Å². The fourth-order valence-electron chi connectivity index (χ4n) is 3.10. The third-order valence-electron chi connectivity index (χ3n) is 4.79. The lowest BCUT2D eigenvalue weighted by molar-refractivity contribution is 0.102. The molecule has 3 rings (SSSR count). The number of ether oxygens (including phenoxy) is 2. The van der Waals surface area contributed by atoms with Gasteiger partial charge in [-0.1, -0.05) is 30.3 Å². The van der Waals surface area contributed by atoms with E-state index in [1.165, 1.54) is 30.6 Å². The zero-order valence-electron chi connectivity index (χ0n) is 18.2. The highest BCUT2D eigenvalue weighted by molar-refractivity contribution is 7.89. The van der Waals surface area contributed by atoms with Crippen molar-refractivity contribution in [2.45, 2.75) is 18.4 Å². The second-order valence-corrected chi connectivity index (χ2v) is 9.07. The van der Waals surface area contributed by atoms with Crippen LogP contribution in [0.5, 0.6) is 11.5 Å². The maximum atomic E-state index is 12.9. The lowest BCUT2D eigenvalue weighted by Crippen LogP contribution is -2.26. The molecule has 0 saturated carbocycles. The maximum Gasteiger partial charge on any atom is 0.255 e. The molecule has 0 fully saturated rings. The number of carbonyl (C=O) groups is 1. The number of carbonyl (C=O) groups excluding carboxylic acids is 1. The van der Waals surface area contributed by atoms with Crippen LogP contribution in [-0.2, 0) is 16.6 Å². The first-order chi connectivity index (χ1) is 15.3. The van der Waals surface area contributed by atoms with Crippen molar-refractivity contribution in [2.75, 3.05) is 26.1 Å². The molecule has 0 atom stereocenters. The number of anilines is 1. The summed E-state index contributed by atoms with van der Waals surface area (Å²) >= 11 is 0. The largest absolute Gasteiger partial charge is 0.493 e. The Bertz CT molecular complexity index is 1160. The summed E-state index contributed by atoms with van der Waals surface area (Å²) in [7, 11) is -0.617. The van der Waals surface area contributed by atoms with Crippen molar-refractivity contribution in [2.24, 2.45) is 0 Å². The van der Waals surface area contributed by atoms with Crippen LogP contribution in [0, 0.1) is 0 Å². The first kappa shape index (κ1) is 23.3. The summed E-state index contributed by atoms with van der Waals surface area (Å²) in [6.45, 7) is 2.61. The summed E-state index contributed by atoms with van der Waals surface area (Å²) in [5.41, 5.74) is 1.77. The highest BCUT2D eigenvalue weighted by atomic mass is 32.2. The molecular formula is C24H26N2O5S. The highest BCUT2D eigenvalue weighted by Gasteiger charge is 2.21. The van der Waals surface area contributed by atoms with Gasteiger partial charge in [0, 0.05) is 24.8 Å². The van der Waals surface area contributed by atoms with E-state index in [9.17, 15) is 13.2 Å². The van der Waals surface area contributed by atoms with Gasteiger partial charge in [0.2, 0.25) is 10.0 Å². The van der Waals surface area contributed by atoms with Gasteiger partial charge in [-0.3, -0.25) is 4.79 Å². The molecule has 8 heteroatoms. The van der Waals surface area contributed by atoms with Gasteiger partial charge in [-0.05, 0) is 55.0 Å². The summed E-state index contributed by atoms with van der Waals surface area (Å²) in [5, 5.41) is 2.76. The summed E-state index contributed by atoms with van der Waals surface area (Å²) in [4.78, 5) is 12.8. The van der Waals surface area contributed by atoms with E-state index in [4.69, 9.17) is 9.47 Å². The standard InChI is InChI=1S/C24H26N2O5S/c1-4-31-22-15-10-19(16-23(22)30-3)24(27)25-20-11-13-21(14-12-20)32(28,29)26(2)17-18-8-6-5-7-9-18/h5-16H,4,17H2,1-3H3,(H,25,27). The number of methoxy groups -OCH3 is 1. The Morgan fingerprint density at radius 3 is 2.28 bits per heavy atom. The Morgan fingerprint density at radius 2 is 1.66 bits per heavy atom. The Labute approximate surface area is 188 Å². The lowest BCUT2D eigenvalue weighted by Gasteiger charge is -2.17. The van der Waals surface area contributed by atoms with Crippen LogP contribution in [-0.4, -0.2) is 39.4 Å². The van der Waals surface area contributed by atoms with Crippen LogP contribution in [0.25, 0.3) is 0 Å². The van der Waals surface area contributed by atoms with E-state index in [1.807, 2.05) is 37.3 Å². The molecule has 0 saturated heterocycles. The molecule has 168 valence electrons. The molecule has 0 spiro atoms. The zero-order chi connectivity index (χ0) is 23.1. The molecule has 0 heterocycles. The third-order valence-corrected chi connectivity index (χ3v) is 6.61. The van der Waals surface area contributed by atoms with Crippen LogP contribution in [0.1, 0.15) is 22.8 Å². The normalized spacial score (nSPS) is 11.2. The van der Waals surface area contributed by atoms with Gasteiger partial charge < -0.3 is 14.8 Å². The number of benzene rings is 3. The van der Waals surface area contributed by atoms with Crippen LogP contribution >= 0.6 is 0 Å². The summed E-state index contributed by atoms with van der Waals surface area (Å²) < 4.78 is 37.8. The molecule has 0 aliphatic heterocycles. The molecule has 1 N–H and O–H groups in total. The van der Waals surface area contributed by atoms with Gasteiger partial charge in [0.05, 0.1) is 18.6 Å². The van der Waals surface area contributed by atoms with Crippen LogP contribution in [0.3, 0.4) is 0 Å². The van der Waals surface area contributed by atoms with Crippen LogP contribution in [0.4, 0.5) is 5.69 Å². The molecular weight excluding hydrogens is 428 g/mol. The van der Waals surface area contributed by atoms with Gasteiger partial charge in [0.1, 0.15) is 0 Å². The molecule has 7 nitrogen and oxygen atoms in total. The van der Waals surface area contributed by atoms with Gasteiger partial charge in [0.15, 0.2) is 11.5 Å². The third kappa shape index (κ3) is 5.46. The zero-order valence-corrected chi connectivity index (χ0v) is 19.1. The van der Waals surface area contributed by atoms with Crippen molar-refractivity contribution in [3.05, 3.63) is 83.9 Å². The van der Waals surface area contributed by atoms with Crippen molar-refractivity contribution < 1.29 is 22.7 Å². The first-order valence-electron chi connectivity index (χ1n) is 10.1. The van der Waals surface area contributed by atoms with Crippen molar-refractivity contribution in [3.63, 3.8) is 0 Å². The number of rotatable bonds is 9. The van der Waals surface area contributed by atoms with E-state index in [-0.39, 0.29) is 17.3 Å². The lowest BCUT2D eigenvalue weighted by atomic mass is 10.2. The molecule has 0 aliphatic rings. The minimum Gasteiger partial charge on any atom is -0.493 e. The molecule has 0 bridgehead atoms. The van der Waals surface area contributed by atoms with Crippen molar-refractivity contribution in [3.8, 4) is 11.5 Å².